The van der Waals surface area contributed by atoms with Gasteiger partial charge in [0.25, 0.3) is 5.91 Å². The topological polar surface area (TPSA) is 108 Å². The molecule has 5 rings (SSSR count). The summed E-state index contributed by atoms with van der Waals surface area (Å²) in [5.74, 6) is 0.518. The molecule has 1 amide bonds. The van der Waals surface area contributed by atoms with Gasteiger partial charge in [-0.05, 0) is 71.8 Å². The highest BCUT2D eigenvalue weighted by Gasteiger charge is 2.68. The molecule has 5 atom stereocenters. The Labute approximate surface area is 201 Å². The number of rotatable bonds is 7. The van der Waals surface area contributed by atoms with Crippen molar-refractivity contribution in [3.05, 3.63) is 60.2 Å². The molecule has 182 valence electrons. The highest BCUT2D eigenvalue weighted by atomic mass is 32.2. The monoisotopic (exact) mass is 484 g/mol. The van der Waals surface area contributed by atoms with Crippen molar-refractivity contribution < 1.29 is 22.7 Å². The third-order valence-corrected chi connectivity index (χ3v) is 9.86. The minimum absolute atomic E-state index is 0.00950. The molecule has 0 radical (unpaired) electrons. The Kier molecular flexibility index (Phi) is 5.73. The lowest BCUT2D eigenvalue weighted by atomic mass is 9.59. The Morgan fingerprint density at radius 2 is 1.85 bits per heavy atom. The fraction of sp³-hybridized carbons (Fsp3) is 0.500. The number of amides is 1. The lowest BCUT2D eigenvalue weighted by Gasteiger charge is -2.53. The van der Waals surface area contributed by atoms with Crippen molar-refractivity contribution in [2.24, 2.45) is 28.4 Å². The van der Waals surface area contributed by atoms with Gasteiger partial charge in [0.15, 0.2) is 6.61 Å². The first kappa shape index (κ1) is 23.3. The first-order valence-corrected chi connectivity index (χ1v) is 13.3. The van der Waals surface area contributed by atoms with E-state index in [0.717, 1.165) is 19.3 Å². The predicted octanol–water partition coefficient (Wildman–Crippen LogP) is 3.41. The van der Waals surface area contributed by atoms with E-state index in [1.165, 1.54) is 17.7 Å². The Morgan fingerprint density at radius 1 is 1.15 bits per heavy atom. The summed E-state index contributed by atoms with van der Waals surface area (Å²) in [6, 6.07) is 16.2. The van der Waals surface area contributed by atoms with Gasteiger partial charge in [-0.3, -0.25) is 4.79 Å². The van der Waals surface area contributed by atoms with Gasteiger partial charge in [0, 0.05) is 12.6 Å². The second kappa shape index (κ2) is 8.36. The highest BCUT2D eigenvalue weighted by molar-refractivity contribution is 7.89. The van der Waals surface area contributed by atoms with Gasteiger partial charge in [-0.1, -0.05) is 44.2 Å². The molecule has 2 aliphatic carbocycles. The number of carbonyl (C=O) groups excluding carboxylic acids is 1. The Morgan fingerprint density at radius 3 is 2.53 bits per heavy atom. The molecule has 2 aromatic rings. The maximum Gasteiger partial charge on any atom is 0.255 e. The SMILES string of the molecule is CC1(C)[C@@H]2C[C@@H]3[C@@H](c4ccccc4)OCC[C@]3(C2)[C@H]1NS(=O)(=O)c1ccc(OCC(N)=O)cc1. The van der Waals surface area contributed by atoms with Gasteiger partial charge < -0.3 is 15.2 Å². The summed E-state index contributed by atoms with van der Waals surface area (Å²) < 4.78 is 41.7. The minimum Gasteiger partial charge on any atom is -0.484 e. The zero-order valence-corrected chi connectivity index (χ0v) is 20.4. The van der Waals surface area contributed by atoms with Crippen molar-refractivity contribution in [1.29, 1.82) is 0 Å². The van der Waals surface area contributed by atoms with E-state index in [9.17, 15) is 13.2 Å². The second-order valence-corrected chi connectivity index (χ2v) is 12.2. The summed E-state index contributed by atoms with van der Waals surface area (Å²) in [5, 5.41) is 0. The number of ether oxygens (including phenoxy) is 2. The van der Waals surface area contributed by atoms with Crippen LogP contribution < -0.4 is 15.2 Å². The van der Waals surface area contributed by atoms with Gasteiger partial charge in [0.05, 0.1) is 11.0 Å². The van der Waals surface area contributed by atoms with E-state index in [1.807, 2.05) is 18.2 Å². The van der Waals surface area contributed by atoms with E-state index in [-0.39, 0.29) is 40.4 Å². The summed E-state index contributed by atoms with van der Waals surface area (Å²) in [4.78, 5) is 11.1. The third kappa shape index (κ3) is 3.82. The first-order valence-electron chi connectivity index (χ1n) is 11.8. The molecule has 3 N–H and O–H groups in total. The summed E-state index contributed by atoms with van der Waals surface area (Å²) in [6.07, 6.45) is 2.92. The standard InChI is InChI=1S/C26H32N2O5S/c1-25(2)18-14-21-23(17-6-4-3-5-7-17)32-13-12-26(21,15-18)24(25)28-34(30,31)20-10-8-19(9-11-20)33-16-22(27)29/h3-11,18,21,23-24,28H,12-16H2,1-2H3,(H2,27,29)/t18-,21-,23-,24+,26-/m1/s1. The number of benzene rings is 2. The fourth-order valence-corrected chi connectivity index (χ4v) is 8.27. The molecule has 1 aliphatic heterocycles. The molecule has 8 heteroatoms. The first-order chi connectivity index (χ1) is 16.1. The number of carbonyl (C=O) groups is 1. The van der Waals surface area contributed by atoms with Crippen LogP contribution in [0.4, 0.5) is 0 Å². The van der Waals surface area contributed by atoms with Crippen molar-refractivity contribution in [2.45, 2.75) is 50.2 Å². The number of nitrogens with two attached hydrogens (primary N) is 1. The maximum atomic E-state index is 13.5. The lowest BCUT2D eigenvalue weighted by molar-refractivity contribution is -0.120. The van der Waals surface area contributed by atoms with Crippen LogP contribution in [0.1, 0.15) is 44.8 Å². The van der Waals surface area contributed by atoms with Crippen molar-refractivity contribution in [3.8, 4) is 5.75 Å². The summed E-state index contributed by atoms with van der Waals surface area (Å²) >= 11 is 0. The third-order valence-electron chi connectivity index (χ3n) is 8.42. The van der Waals surface area contributed by atoms with E-state index < -0.39 is 15.9 Å². The van der Waals surface area contributed by atoms with Gasteiger partial charge in [-0.15, -0.1) is 0 Å². The molecular formula is C26H32N2O5S. The molecular weight excluding hydrogens is 452 g/mol. The average molecular weight is 485 g/mol. The minimum atomic E-state index is -3.76. The normalized spacial score (nSPS) is 31.7. The van der Waals surface area contributed by atoms with Crippen LogP contribution in [0.15, 0.2) is 59.5 Å². The molecule has 2 saturated carbocycles. The van der Waals surface area contributed by atoms with Crippen molar-refractivity contribution in [2.75, 3.05) is 13.2 Å². The van der Waals surface area contributed by atoms with E-state index >= 15 is 0 Å². The molecule has 7 nitrogen and oxygen atoms in total. The average Bonchev–Trinajstić information content (AvgIpc) is 3.31. The summed E-state index contributed by atoms with van der Waals surface area (Å²) in [7, 11) is -3.76. The smallest absolute Gasteiger partial charge is 0.255 e. The molecule has 0 aromatic heterocycles. The zero-order valence-electron chi connectivity index (χ0n) is 19.6. The van der Waals surface area contributed by atoms with Crippen LogP contribution >= 0.6 is 0 Å². The lowest BCUT2D eigenvalue weighted by Crippen LogP contribution is -2.58. The van der Waals surface area contributed by atoms with Crippen LogP contribution in [0.5, 0.6) is 5.75 Å². The van der Waals surface area contributed by atoms with Crippen molar-refractivity contribution >= 4 is 15.9 Å². The van der Waals surface area contributed by atoms with Crippen LogP contribution in [0, 0.1) is 22.7 Å². The van der Waals surface area contributed by atoms with E-state index in [2.05, 4.69) is 30.7 Å². The van der Waals surface area contributed by atoms with Gasteiger partial charge in [0.2, 0.25) is 10.0 Å². The number of hydrogen-bond acceptors (Lipinski definition) is 5. The van der Waals surface area contributed by atoms with Gasteiger partial charge >= 0.3 is 0 Å². The molecule has 3 fully saturated rings. The number of fused-ring (bicyclic) bond motifs is 1. The predicted molar refractivity (Wildman–Crippen MR) is 127 cm³/mol. The Hall–Kier alpha value is -2.42. The molecule has 1 spiro atoms. The summed E-state index contributed by atoms with van der Waals surface area (Å²) in [6.45, 7) is 4.77. The van der Waals surface area contributed by atoms with Crippen molar-refractivity contribution in [3.63, 3.8) is 0 Å². The molecule has 1 heterocycles. The number of nitrogens with one attached hydrogen (secondary N) is 1. The van der Waals surface area contributed by atoms with Gasteiger partial charge in [0.1, 0.15) is 5.75 Å². The van der Waals surface area contributed by atoms with Gasteiger partial charge in [-0.2, -0.15) is 0 Å². The molecule has 0 unspecified atom stereocenters. The van der Waals surface area contributed by atoms with E-state index in [1.54, 1.807) is 12.1 Å². The van der Waals surface area contributed by atoms with Crippen LogP contribution in [0.2, 0.25) is 0 Å². The highest BCUT2D eigenvalue weighted by Crippen LogP contribution is 2.70. The van der Waals surface area contributed by atoms with Crippen molar-refractivity contribution in [1.82, 2.24) is 4.72 Å². The maximum absolute atomic E-state index is 13.5. The Balaban J connectivity index is 1.42. The second-order valence-electron chi connectivity index (χ2n) is 10.5. The van der Waals surface area contributed by atoms with Crippen LogP contribution in [-0.2, 0) is 19.6 Å². The van der Waals surface area contributed by atoms with Crippen LogP contribution in [0.3, 0.4) is 0 Å². The number of hydrogen-bond donors (Lipinski definition) is 2. The number of sulfonamides is 1. The van der Waals surface area contributed by atoms with Crippen LogP contribution in [-0.4, -0.2) is 33.6 Å². The Bertz CT molecular complexity index is 1170. The van der Waals surface area contributed by atoms with E-state index in [0.29, 0.717) is 18.3 Å². The van der Waals surface area contributed by atoms with Gasteiger partial charge in [-0.25, -0.2) is 13.1 Å². The van der Waals surface area contributed by atoms with Crippen LogP contribution in [0.25, 0.3) is 0 Å². The largest absolute Gasteiger partial charge is 0.484 e. The van der Waals surface area contributed by atoms with E-state index in [4.69, 9.17) is 15.2 Å². The number of primary amides is 1. The molecule has 34 heavy (non-hydrogen) atoms. The quantitative estimate of drug-likeness (QED) is 0.626. The molecule has 1 saturated heterocycles. The molecule has 3 aliphatic rings. The molecule has 2 aromatic carbocycles. The molecule has 2 bridgehead atoms. The fourth-order valence-electron chi connectivity index (χ4n) is 6.79. The summed E-state index contributed by atoms with van der Waals surface area (Å²) in [5.41, 5.74) is 5.98. The zero-order chi connectivity index (χ0) is 24.1.